The highest BCUT2D eigenvalue weighted by Gasteiger charge is 2.54. The average molecular weight is 266 g/mol. The number of nitrogens with two attached hydrogens (primary N) is 2. The predicted molar refractivity (Wildman–Crippen MR) is 82.6 cm³/mol. The van der Waals surface area contributed by atoms with E-state index in [4.69, 9.17) is 11.5 Å². The molecule has 0 spiro atoms. The first-order chi connectivity index (χ1) is 8.66. The summed E-state index contributed by atoms with van der Waals surface area (Å²) < 4.78 is 0. The lowest BCUT2D eigenvalue weighted by Gasteiger charge is -2.58. The highest BCUT2D eigenvalue weighted by Crippen LogP contribution is 2.53. The molecule has 2 aliphatic rings. The molecule has 0 heterocycles. The van der Waals surface area contributed by atoms with Gasteiger partial charge in [-0.2, -0.15) is 0 Å². The third-order valence-corrected chi connectivity index (χ3v) is 6.23. The van der Waals surface area contributed by atoms with Gasteiger partial charge in [-0.1, -0.05) is 59.8 Å². The summed E-state index contributed by atoms with van der Waals surface area (Å²) in [5.41, 5.74) is 12.5. The van der Waals surface area contributed by atoms with Gasteiger partial charge in [0.25, 0.3) is 0 Å². The monoisotopic (exact) mass is 266 g/mol. The van der Waals surface area contributed by atoms with Crippen LogP contribution in [-0.4, -0.2) is 5.66 Å². The van der Waals surface area contributed by atoms with Gasteiger partial charge in [-0.15, -0.1) is 0 Å². The van der Waals surface area contributed by atoms with Crippen LogP contribution in [0.1, 0.15) is 79.1 Å². The zero-order valence-electron chi connectivity index (χ0n) is 13.5. The van der Waals surface area contributed by atoms with Gasteiger partial charge < -0.3 is 11.5 Å². The van der Waals surface area contributed by atoms with E-state index in [0.29, 0.717) is 0 Å². The van der Waals surface area contributed by atoms with Crippen LogP contribution in [0.3, 0.4) is 0 Å². The minimum Gasteiger partial charge on any atom is -0.313 e. The van der Waals surface area contributed by atoms with E-state index in [-0.39, 0.29) is 10.8 Å². The fraction of sp³-hybridized carbons (Fsp3) is 1.00. The summed E-state index contributed by atoms with van der Waals surface area (Å²) >= 11 is 0. The molecule has 0 unspecified atom stereocenters. The van der Waals surface area contributed by atoms with Gasteiger partial charge in [0.05, 0.1) is 5.66 Å². The lowest BCUT2D eigenvalue weighted by molar-refractivity contribution is -0.0480. The molecule has 0 aromatic heterocycles. The van der Waals surface area contributed by atoms with E-state index in [1.54, 1.807) is 0 Å². The smallest absolute Gasteiger partial charge is 0.0741 e. The van der Waals surface area contributed by atoms with Crippen molar-refractivity contribution in [2.24, 2.45) is 34.1 Å². The molecule has 0 aromatic rings. The lowest BCUT2D eigenvalue weighted by Crippen LogP contribution is -2.71. The van der Waals surface area contributed by atoms with Crippen molar-refractivity contribution in [2.45, 2.75) is 84.7 Å². The van der Waals surface area contributed by atoms with Crippen molar-refractivity contribution in [1.82, 2.24) is 0 Å². The standard InChI is InChI=1S/C17H34N2/c1-15(2)11-14(10-13-8-6-5-7-9-13)12-16(3,4)17(15,18)19/h13-14H,5-12,18-19H2,1-4H3. The van der Waals surface area contributed by atoms with Gasteiger partial charge in [-0.05, 0) is 41.9 Å². The first-order valence-corrected chi connectivity index (χ1v) is 8.23. The third kappa shape index (κ3) is 2.85. The van der Waals surface area contributed by atoms with E-state index < -0.39 is 5.66 Å². The third-order valence-electron chi connectivity index (χ3n) is 6.23. The lowest BCUT2D eigenvalue weighted by atomic mass is 9.53. The molecular weight excluding hydrogens is 232 g/mol. The molecule has 2 heteroatoms. The maximum Gasteiger partial charge on any atom is 0.0741 e. The second kappa shape index (κ2) is 5.04. The van der Waals surface area contributed by atoms with E-state index in [1.165, 1.54) is 51.4 Å². The zero-order chi connectivity index (χ0) is 14.3. The largest absolute Gasteiger partial charge is 0.313 e. The van der Waals surface area contributed by atoms with Crippen LogP contribution < -0.4 is 11.5 Å². The number of rotatable bonds is 2. The van der Waals surface area contributed by atoms with Gasteiger partial charge in [-0.25, -0.2) is 0 Å². The van der Waals surface area contributed by atoms with E-state index in [2.05, 4.69) is 27.7 Å². The van der Waals surface area contributed by atoms with Crippen molar-refractivity contribution >= 4 is 0 Å². The fourth-order valence-electron chi connectivity index (χ4n) is 4.83. The maximum atomic E-state index is 6.51. The molecule has 2 rings (SSSR count). The molecule has 0 atom stereocenters. The van der Waals surface area contributed by atoms with Crippen molar-refractivity contribution in [3.05, 3.63) is 0 Å². The average Bonchev–Trinajstić information content (AvgIpc) is 2.27. The quantitative estimate of drug-likeness (QED) is 0.741. The summed E-state index contributed by atoms with van der Waals surface area (Å²) in [6.45, 7) is 9.06. The summed E-state index contributed by atoms with van der Waals surface area (Å²) in [5.74, 6) is 1.78. The van der Waals surface area contributed by atoms with Crippen molar-refractivity contribution in [1.29, 1.82) is 0 Å². The van der Waals surface area contributed by atoms with Gasteiger partial charge in [-0.3, -0.25) is 0 Å². The van der Waals surface area contributed by atoms with Crippen LogP contribution in [0.15, 0.2) is 0 Å². The SMILES string of the molecule is CC1(C)CC(CC2CCCCC2)CC(C)(C)C1(N)N. The Kier molecular flexibility index (Phi) is 4.06. The van der Waals surface area contributed by atoms with Crippen molar-refractivity contribution in [2.75, 3.05) is 0 Å². The summed E-state index contributed by atoms with van der Waals surface area (Å²) in [6, 6.07) is 0. The Labute approximate surface area is 119 Å². The Hall–Kier alpha value is -0.0800. The Morgan fingerprint density at radius 2 is 1.26 bits per heavy atom. The topological polar surface area (TPSA) is 52.0 Å². The molecule has 0 bridgehead atoms. The van der Waals surface area contributed by atoms with E-state index in [9.17, 15) is 0 Å². The molecule has 0 amide bonds. The molecule has 2 saturated carbocycles. The molecule has 0 radical (unpaired) electrons. The molecular formula is C17H34N2. The van der Waals surface area contributed by atoms with Gasteiger partial charge in [0.15, 0.2) is 0 Å². The molecule has 0 aliphatic heterocycles. The summed E-state index contributed by atoms with van der Waals surface area (Å²) in [5, 5.41) is 0. The summed E-state index contributed by atoms with van der Waals surface area (Å²) in [6.07, 6.45) is 11.0. The van der Waals surface area contributed by atoms with E-state index >= 15 is 0 Å². The Bertz CT molecular complexity index is 291. The second-order valence-electron chi connectivity index (χ2n) is 8.65. The summed E-state index contributed by atoms with van der Waals surface area (Å²) in [4.78, 5) is 0. The molecule has 0 aromatic carbocycles. The van der Waals surface area contributed by atoms with Crippen LogP contribution in [-0.2, 0) is 0 Å². The fourth-order valence-corrected chi connectivity index (χ4v) is 4.83. The van der Waals surface area contributed by atoms with Crippen LogP contribution in [0.5, 0.6) is 0 Å². The Morgan fingerprint density at radius 3 is 1.74 bits per heavy atom. The normalized spacial score (nSPS) is 31.3. The molecule has 2 nitrogen and oxygen atoms in total. The number of hydrogen-bond donors (Lipinski definition) is 2. The van der Waals surface area contributed by atoms with Gasteiger partial charge >= 0.3 is 0 Å². The van der Waals surface area contributed by atoms with Crippen LogP contribution in [0.2, 0.25) is 0 Å². The maximum absolute atomic E-state index is 6.51. The zero-order valence-corrected chi connectivity index (χ0v) is 13.5. The molecule has 19 heavy (non-hydrogen) atoms. The minimum atomic E-state index is -0.553. The van der Waals surface area contributed by atoms with Crippen molar-refractivity contribution in [3.63, 3.8) is 0 Å². The highest BCUT2D eigenvalue weighted by molar-refractivity contribution is 5.07. The van der Waals surface area contributed by atoms with Crippen LogP contribution in [0.25, 0.3) is 0 Å². The van der Waals surface area contributed by atoms with Crippen LogP contribution >= 0.6 is 0 Å². The first-order valence-electron chi connectivity index (χ1n) is 8.23. The van der Waals surface area contributed by atoms with Crippen LogP contribution in [0, 0.1) is 22.7 Å². The van der Waals surface area contributed by atoms with Crippen LogP contribution in [0.4, 0.5) is 0 Å². The Morgan fingerprint density at radius 1 is 0.789 bits per heavy atom. The Balaban J connectivity index is 2.04. The molecule has 112 valence electrons. The predicted octanol–water partition coefficient (Wildman–Crippen LogP) is 4.03. The van der Waals surface area contributed by atoms with Gasteiger partial charge in [0.1, 0.15) is 0 Å². The van der Waals surface area contributed by atoms with Gasteiger partial charge in [0.2, 0.25) is 0 Å². The van der Waals surface area contributed by atoms with Gasteiger partial charge in [0, 0.05) is 0 Å². The van der Waals surface area contributed by atoms with E-state index in [0.717, 1.165) is 11.8 Å². The second-order valence-corrected chi connectivity index (χ2v) is 8.65. The van der Waals surface area contributed by atoms with Crippen molar-refractivity contribution < 1.29 is 0 Å². The highest BCUT2D eigenvalue weighted by atomic mass is 15.0. The molecule has 2 aliphatic carbocycles. The molecule has 0 saturated heterocycles. The molecule has 4 N–H and O–H groups in total. The number of hydrogen-bond acceptors (Lipinski definition) is 2. The van der Waals surface area contributed by atoms with E-state index in [1.807, 2.05) is 0 Å². The minimum absolute atomic E-state index is 0.0358. The summed E-state index contributed by atoms with van der Waals surface area (Å²) in [7, 11) is 0. The first kappa shape index (κ1) is 15.3. The van der Waals surface area contributed by atoms with Crippen molar-refractivity contribution in [3.8, 4) is 0 Å². The molecule has 2 fully saturated rings.